The molecule has 0 saturated carbocycles. The second-order valence-electron chi connectivity index (χ2n) is 10.8. The molecule has 0 radical (unpaired) electrons. The van der Waals surface area contributed by atoms with E-state index in [0.717, 1.165) is 6.17 Å². The van der Waals surface area contributed by atoms with Gasteiger partial charge in [0.15, 0.2) is 8.07 Å². The molecule has 0 aliphatic rings. The molecule has 0 atom stereocenters. The van der Waals surface area contributed by atoms with E-state index in [9.17, 15) is 0 Å². The number of imidazole rings is 1. The molecule has 0 unspecified atom stereocenters. The predicted molar refractivity (Wildman–Crippen MR) is 179 cm³/mol. The van der Waals surface area contributed by atoms with Crippen molar-refractivity contribution in [1.29, 1.82) is 0 Å². The number of rotatable bonds is 7. The summed E-state index contributed by atoms with van der Waals surface area (Å²) in [4.78, 5) is 4.30. The highest BCUT2D eigenvalue weighted by Crippen LogP contribution is 2.12. The first-order chi connectivity index (χ1) is 20.1. The summed E-state index contributed by atoms with van der Waals surface area (Å²) in [6, 6.07) is 50.5. The zero-order valence-electron chi connectivity index (χ0n) is 24.2. The van der Waals surface area contributed by atoms with Crippen LogP contribution in [0.25, 0.3) is 0 Å². The summed E-state index contributed by atoms with van der Waals surface area (Å²) < 4.78 is 2.24. The zero-order valence-corrected chi connectivity index (χ0v) is 25.2. The van der Waals surface area contributed by atoms with Gasteiger partial charge in [-0.25, -0.2) is 4.98 Å². The van der Waals surface area contributed by atoms with Crippen LogP contribution in [0.2, 0.25) is 6.82 Å². The summed E-state index contributed by atoms with van der Waals surface area (Å²) in [6.45, 7) is 7.02. The van der Waals surface area contributed by atoms with Gasteiger partial charge in [0.05, 0.1) is 6.33 Å². The molecule has 0 saturated heterocycles. The molecule has 0 N–H and O–H groups in total. The molecule has 6 rings (SSSR count). The largest absolute Gasteiger partial charge is 0.339 e. The van der Waals surface area contributed by atoms with Crippen LogP contribution in [0.1, 0.15) is 11.1 Å². The van der Waals surface area contributed by atoms with Crippen LogP contribution in [0.4, 0.5) is 0 Å². The molecule has 1 heterocycles. The lowest BCUT2D eigenvalue weighted by Crippen LogP contribution is -2.69. The van der Waals surface area contributed by atoms with Crippen LogP contribution in [0.15, 0.2) is 158 Å². The van der Waals surface area contributed by atoms with Gasteiger partial charge in [0.25, 0.3) is 0 Å². The second kappa shape index (κ2) is 13.3. The van der Waals surface area contributed by atoms with Crippen LogP contribution in [-0.4, -0.2) is 24.3 Å². The third-order valence-electron chi connectivity index (χ3n) is 7.93. The minimum Gasteiger partial charge on any atom is -0.339 e. The lowest BCUT2D eigenvalue weighted by molar-refractivity contribution is 0.862. The lowest BCUT2D eigenvalue weighted by Gasteiger charge is -2.34. The Morgan fingerprint density at radius 2 is 0.976 bits per heavy atom. The van der Waals surface area contributed by atoms with Crippen LogP contribution in [0.5, 0.6) is 0 Å². The molecule has 0 spiro atoms. The van der Waals surface area contributed by atoms with Gasteiger partial charge < -0.3 is 4.57 Å². The number of hydrogen-bond donors (Lipinski definition) is 0. The third kappa shape index (κ3) is 6.67. The fourth-order valence-electron chi connectivity index (χ4n) is 5.50. The Labute approximate surface area is 246 Å². The minimum absolute atomic E-state index is 0.484. The minimum atomic E-state index is -2.25. The molecule has 41 heavy (non-hydrogen) atoms. The maximum atomic E-state index is 4.30. The van der Waals surface area contributed by atoms with E-state index in [1.165, 1.54) is 37.6 Å². The Hall–Kier alpha value is -4.41. The van der Waals surface area contributed by atoms with E-state index in [1.54, 1.807) is 0 Å². The number of aromatic nitrogens is 2. The summed E-state index contributed by atoms with van der Waals surface area (Å²) in [5.74, 6) is 0. The maximum absolute atomic E-state index is 4.30. The van der Waals surface area contributed by atoms with Gasteiger partial charge in [-0.2, -0.15) is 0 Å². The molecule has 0 amide bonds. The Kier molecular flexibility index (Phi) is 9.12. The average Bonchev–Trinajstić information content (AvgIpc) is 3.55. The van der Waals surface area contributed by atoms with E-state index in [2.05, 4.69) is 176 Å². The molecule has 5 aromatic carbocycles. The van der Waals surface area contributed by atoms with Gasteiger partial charge in [-0.05, 0) is 29.4 Å². The summed E-state index contributed by atoms with van der Waals surface area (Å²) in [7, 11) is -2.25. The van der Waals surface area contributed by atoms with Gasteiger partial charge in [0.1, 0.15) is 0 Å². The van der Waals surface area contributed by atoms with Crippen LogP contribution in [0, 0.1) is 13.8 Å². The summed E-state index contributed by atoms with van der Waals surface area (Å²) in [6.07, 6.45) is 6.82. The molecule has 2 nitrogen and oxygen atoms in total. The molecule has 0 aliphatic carbocycles. The topological polar surface area (TPSA) is 17.8 Å². The van der Waals surface area contributed by atoms with Crippen molar-refractivity contribution in [3.63, 3.8) is 0 Å². The number of nitrogens with zero attached hydrogens (tertiary/aromatic N) is 2. The second-order valence-corrected chi connectivity index (χ2v) is 14.6. The first-order valence-electron chi connectivity index (χ1n) is 14.3. The number of hydrogen-bond acceptors (Lipinski definition) is 1. The van der Waals surface area contributed by atoms with Crippen molar-refractivity contribution < 1.29 is 0 Å². The monoisotopic (exact) mass is 548 g/mol. The van der Waals surface area contributed by atoms with Crippen molar-refractivity contribution in [3.05, 3.63) is 169 Å². The van der Waals surface area contributed by atoms with Gasteiger partial charge in [-0.15, -0.1) is 0 Å². The van der Waals surface area contributed by atoms with Crippen molar-refractivity contribution in [1.82, 2.24) is 9.55 Å². The van der Waals surface area contributed by atoms with Crippen LogP contribution in [0.3, 0.4) is 0 Å². The molecular formula is C37H37BN2Si. The number of benzene rings is 5. The fraction of sp³-hybridized carbons (Fsp3) is 0.108. The van der Waals surface area contributed by atoms with Crippen LogP contribution < -0.4 is 26.5 Å². The van der Waals surface area contributed by atoms with E-state index in [0.29, 0.717) is 6.71 Å². The van der Waals surface area contributed by atoms with Crippen molar-refractivity contribution in [3.8, 4) is 0 Å². The van der Waals surface area contributed by atoms with Crippen molar-refractivity contribution >= 4 is 41.3 Å². The van der Waals surface area contributed by atoms with E-state index >= 15 is 0 Å². The zero-order chi connectivity index (χ0) is 28.5. The smallest absolute Gasteiger partial charge is 0.206 e. The maximum Gasteiger partial charge on any atom is 0.206 e. The Bertz CT molecular complexity index is 1520. The van der Waals surface area contributed by atoms with Crippen molar-refractivity contribution in [2.75, 3.05) is 0 Å². The normalized spacial score (nSPS) is 10.9. The van der Waals surface area contributed by atoms with E-state index < -0.39 is 8.07 Å². The predicted octanol–water partition coefficient (Wildman–Crippen LogP) is 5.13. The Morgan fingerprint density at radius 3 is 1.39 bits per heavy atom. The van der Waals surface area contributed by atoms with Crippen molar-refractivity contribution in [2.45, 2.75) is 26.8 Å². The van der Waals surface area contributed by atoms with Gasteiger partial charge >= 0.3 is 0 Å². The number of aryl methyl sites for hydroxylation is 2. The molecule has 0 aliphatic heterocycles. The molecule has 1 aromatic heterocycles. The SMILES string of the molecule is CB(c1ccccc1)c1ccccc1.Cc1ccc([Si](Cn2ccnc2)(c2ccccc2)c2ccc(C)cc2)cc1. The van der Waals surface area contributed by atoms with Gasteiger partial charge in [0, 0.05) is 18.6 Å². The fourth-order valence-corrected chi connectivity index (χ4v) is 10.0. The van der Waals surface area contributed by atoms with Crippen LogP contribution in [-0.2, 0) is 6.17 Å². The van der Waals surface area contributed by atoms with Crippen LogP contribution >= 0.6 is 0 Å². The molecule has 6 aromatic rings. The van der Waals surface area contributed by atoms with E-state index in [-0.39, 0.29) is 0 Å². The summed E-state index contributed by atoms with van der Waals surface area (Å²) >= 11 is 0. The third-order valence-corrected chi connectivity index (χ3v) is 12.7. The first-order valence-corrected chi connectivity index (χ1v) is 16.5. The van der Waals surface area contributed by atoms with Gasteiger partial charge in [-0.3, -0.25) is 0 Å². The molecule has 4 heteroatoms. The lowest BCUT2D eigenvalue weighted by atomic mass is 9.43. The highest BCUT2D eigenvalue weighted by Gasteiger charge is 2.39. The quantitative estimate of drug-likeness (QED) is 0.200. The van der Waals surface area contributed by atoms with Crippen molar-refractivity contribution in [2.24, 2.45) is 0 Å². The molecule has 202 valence electrons. The Morgan fingerprint density at radius 1 is 0.561 bits per heavy atom. The highest BCUT2D eigenvalue weighted by atomic mass is 28.3. The summed E-state index contributed by atoms with van der Waals surface area (Å²) in [5.41, 5.74) is 5.33. The molecule has 0 fully saturated rings. The van der Waals surface area contributed by atoms with Gasteiger partial charge in [-0.1, -0.05) is 168 Å². The highest BCUT2D eigenvalue weighted by molar-refractivity contribution is 7.10. The standard InChI is InChI=1S/C24H24N2Si.C13H13B/c1-20-8-12-23(13-9-20)27(19-26-17-16-25-18-26,22-6-4-3-5-7-22)24-14-10-21(2)11-15-24;1-14(12-8-4-2-5-9-12)13-10-6-3-7-11-13/h3-18H,19H2,1-2H3;2-11H,1H3. The molecule has 0 bridgehead atoms. The Balaban J connectivity index is 0.000000202. The van der Waals surface area contributed by atoms with E-state index in [4.69, 9.17) is 0 Å². The van der Waals surface area contributed by atoms with E-state index in [1.807, 2.05) is 12.5 Å². The molecular weight excluding hydrogens is 511 g/mol. The summed E-state index contributed by atoms with van der Waals surface area (Å²) in [5, 5.41) is 4.28. The first kappa shape index (κ1) is 28.1. The average molecular weight is 549 g/mol. The van der Waals surface area contributed by atoms with Gasteiger partial charge in [0.2, 0.25) is 6.71 Å².